The van der Waals surface area contributed by atoms with E-state index in [1.807, 2.05) is 18.2 Å². The van der Waals surface area contributed by atoms with Crippen molar-refractivity contribution in [3.63, 3.8) is 0 Å². The Balaban J connectivity index is 2.27. The van der Waals surface area contributed by atoms with Crippen molar-refractivity contribution in [2.24, 2.45) is 5.92 Å². The molecule has 3 heteroatoms. The monoisotopic (exact) mass is 247 g/mol. The molecule has 90 valence electrons. The summed E-state index contributed by atoms with van der Waals surface area (Å²) in [5, 5.41) is 12.5. The number of rotatable bonds is 4. The molecule has 0 saturated carbocycles. The van der Waals surface area contributed by atoms with Crippen LogP contribution >= 0.6 is 11.3 Å². The molecule has 1 aromatic heterocycles. The van der Waals surface area contributed by atoms with Crippen LogP contribution in [0.25, 0.3) is 10.6 Å². The molecule has 0 aliphatic rings. The van der Waals surface area contributed by atoms with Gasteiger partial charge >= 0.3 is 0 Å². The van der Waals surface area contributed by atoms with E-state index in [1.54, 1.807) is 11.3 Å². The highest BCUT2D eigenvalue weighted by molar-refractivity contribution is 7.13. The van der Waals surface area contributed by atoms with Gasteiger partial charge in [-0.2, -0.15) is 0 Å². The Hall–Kier alpha value is -1.19. The number of nitrogens with zero attached hydrogens (tertiary/aromatic N) is 1. The molecule has 2 aromatic rings. The van der Waals surface area contributed by atoms with Crippen molar-refractivity contribution in [2.45, 2.75) is 19.8 Å². The maximum atomic E-state index is 9.39. The van der Waals surface area contributed by atoms with Gasteiger partial charge in [0.2, 0.25) is 0 Å². The molecule has 1 unspecified atom stereocenters. The smallest absolute Gasteiger partial charge is 0.123 e. The van der Waals surface area contributed by atoms with Crippen LogP contribution in [0.4, 0.5) is 0 Å². The van der Waals surface area contributed by atoms with Crippen LogP contribution in [0.2, 0.25) is 0 Å². The van der Waals surface area contributed by atoms with E-state index >= 15 is 0 Å². The molecule has 17 heavy (non-hydrogen) atoms. The van der Waals surface area contributed by atoms with Gasteiger partial charge in [0.05, 0.1) is 12.3 Å². The Morgan fingerprint density at radius 1 is 1.24 bits per heavy atom. The predicted molar refractivity (Wildman–Crippen MR) is 72.2 cm³/mol. The fourth-order valence-electron chi connectivity index (χ4n) is 1.82. The average Bonchev–Trinajstić information content (AvgIpc) is 2.80. The lowest BCUT2D eigenvalue weighted by Gasteiger charge is -2.15. The summed E-state index contributed by atoms with van der Waals surface area (Å²) in [6.45, 7) is 4.39. The van der Waals surface area contributed by atoms with Crippen LogP contribution in [0.1, 0.15) is 25.5 Å². The van der Waals surface area contributed by atoms with Crippen LogP contribution < -0.4 is 0 Å². The molecule has 0 radical (unpaired) electrons. The zero-order chi connectivity index (χ0) is 12.3. The molecule has 0 fully saturated rings. The van der Waals surface area contributed by atoms with Crippen molar-refractivity contribution in [2.75, 3.05) is 6.61 Å². The second-order valence-electron chi connectivity index (χ2n) is 4.48. The first-order chi connectivity index (χ1) is 8.22. The summed E-state index contributed by atoms with van der Waals surface area (Å²) in [7, 11) is 0. The Morgan fingerprint density at radius 2 is 1.94 bits per heavy atom. The molecule has 1 atom stereocenters. The second-order valence-corrected chi connectivity index (χ2v) is 5.33. The lowest BCUT2D eigenvalue weighted by Crippen LogP contribution is -2.11. The fourth-order valence-corrected chi connectivity index (χ4v) is 2.71. The number of aliphatic hydroxyl groups excluding tert-OH is 1. The van der Waals surface area contributed by atoms with Crippen LogP contribution in [-0.4, -0.2) is 16.7 Å². The minimum absolute atomic E-state index is 0.142. The molecule has 2 nitrogen and oxygen atoms in total. The van der Waals surface area contributed by atoms with Crippen LogP contribution in [-0.2, 0) is 0 Å². The topological polar surface area (TPSA) is 33.1 Å². The number of hydrogen-bond donors (Lipinski definition) is 1. The van der Waals surface area contributed by atoms with Gasteiger partial charge in [-0.3, -0.25) is 0 Å². The van der Waals surface area contributed by atoms with Gasteiger partial charge in [0, 0.05) is 16.9 Å². The quantitative estimate of drug-likeness (QED) is 0.896. The lowest BCUT2D eigenvalue weighted by molar-refractivity contribution is 0.235. The Kier molecular flexibility index (Phi) is 3.92. The van der Waals surface area contributed by atoms with Crippen LogP contribution in [0.5, 0.6) is 0 Å². The van der Waals surface area contributed by atoms with Crippen molar-refractivity contribution in [3.8, 4) is 10.6 Å². The maximum absolute atomic E-state index is 9.39. The zero-order valence-corrected chi connectivity index (χ0v) is 10.9. The van der Waals surface area contributed by atoms with Gasteiger partial charge in [0.25, 0.3) is 0 Å². The summed E-state index contributed by atoms with van der Waals surface area (Å²) >= 11 is 1.64. The summed E-state index contributed by atoms with van der Waals surface area (Å²) in [6.07, 6.45) is 0. The number of aromatic nitrogens is 1. The van der Waals surface area contributed by atoms with Crippen molar-refractivity contribution >= 4 is 11.3 Å². The van der Waals surface area contributed by atoms with E-state index in [-0.39, 0.29) is 12.5 Å². The molecule has 0 saturated heterocycles. The van der Waals surface area contributed by atoms with E-state index in [1.165, 1.54) is 0 Å². The third-order valence-electron chi connectivity index (χ3n) is 2.92. The van der Waals surface area contributed by atoms with Gasteiger partial charge in [-0.25, -0.2) is 4.98 Å². The van der Waals surface area contributed by atoms with Crippen molar-refractivity contribution in [1.82, 2.24) is 4.98 Å². The lowest BCUT2D eigenvalue weighted by atomic mass is 9.94. The van der Waals surface area contributed by atoms with Gasteiger partial charge in [0.15, 0.2) is 0 Å². The molecule has 0 spiro atoms. The Bertz CT molecular complexity index is 464. The first kappa shape index (κ1) is 12.3. The molecule has 0 bridgehead atoms. The van der Waals surface area contributed by atoms with E-state index in [9.17, 15) is 5.11 Å². The summed E-state index contributed by atoms with van der Waals surface area (Å²) in [5.41, 5.74) is 2.15. The average molecular weight is 247 g/mol. The molecule has 1 N–H and O–H groups in total. The molecule has 0 aliphatic carbocycles. The van der Waals surface area contributed by atoms with Crippen LogP contribution in [0, 0.1) is 5.92 Å². The van der Waals surface area contributed by atoms with Crippen LogP contribution in [0.3, 0.4) is 0 Å². The highest BCUT2D eigenvalue weighted by atomic mass is 32.1. The van der Waals surface area contributed by atoms with Crippen molar-refractivity contribution < 1.29 is 5.11 Å². The molecule has 1 aromatic carbocycles. The third kappa shape index (κ3) is 2.73. The molecule has 0 amide bonds. The molecule has 2 rings (SSSR count). The fraction of sp³-hybridized carbons (Fsp3) is 0.357. The summed E-state index contributed by atoms with van der Waals surface area (Å²) in [4.78, 5) is 4.63. The first-order valence-electron chi connectivity index (χ1n) is 5.84. The Morgan fingerprint density at radius 3 is 2.53 bits per heavy atom. The SMILES string of the molecule is CC(C)C(CO)c1csc(-c2ccccc2)n1. The molecule has 0 aliphatic heterocycles. The number of aliphatic hydroxyl groups is 1. The normalized spacial score (nSPS) is 12.9. The van der Waals surface area contributed by atoms with Gasteiger partial charge < -0.3 is 5.11 Å². The number of hydrogen-bond acceptors (Lipinski definition) is 3. The summed E-state index contributed by atoms with van der Waals surface area (Å²) < 4.78 is 0. The standard InChI is InChI=1S/C14H17NOS/c1-10(2)12(8-16)13-9-17-14(15-13)11-6-4-3-5-7-11/h3-7,9-10,12,16H,8H2,1-2H3. The van der Waals surface area contributed by atoms with E-state index in [0.29, 0.717) is 5.92 Å². The highest BCUT2D eigenvalue weighted by Gasteiger charge is 2.18. The van der Waals surface area contributed by atoms with E-state index in [4.69, 9.17) is 0 Å². The largest absolute Gasteiger partial charge is 0.396 e. The molecule has 1 heterocycles. The molecular weight excluding hydrogens is 230 g/mol. The van der Waals surface area contributed by atoms with Gasteiger partial charge in [-0.15, -0.1) is 11.3 Å². The first-order valence-corrected chi connectivity index (χ1v) is 6.72. The third-order valence-corrected chi connectivity index (χ3v) is 3.83. The van der Waals surface area contributed by atoms with Gasteiger partial charge in [0.1, 0.15) is 5.01 Å². The predicted octanol–water partition coefficient (Wildman–Crippen LogP) is 3.54. The van der Waals surface area contributed by atoms with Gasteiger partial charge in [-0.1, -0.05) is 44.2 Å². The summed E-state index contributed by atoms with van der Waals surface area (Å²) in [5.74, 6) is 0.550. The number of thiazole rings is 1. The maximum Gasteiger partial charge on any atom is 0.123 e. The van der Waals surface area contributed by atoms with Crippen molar-refractivity contribution in [3.05, 3.63) is 41.4 Å². The van der Waals surface area contributed by atoms with E-state index in [2.05, 4.69) is 36.3 Å². The molecular formula is C14H17NOS. The minimum atomic E-state index is 0.142. The minimum Gasteiger partial charge on any atom is -0.396 e. The highest BCUT2D eigenvalue weighted by Crippen LogP contribution is 2.29. The zero-order valence-electron chi connectivity index (χ0n) is 10.1. The van der Waals surface area contributed by atoms with Gasteiger partial charge in [-0.05, 0) is 5.92 Å². The van der Waals surface area contributed by atoms with Crippen LogP contribution in [0.15, 0.2) is 35.7 Å². The van der Waals surface area contributed by atoms with Crippen molar-refractivity contribution in [1.29, 1.82) is 0 Å². The Labute approximate surface area is 106 Å². The second kappa shape index (κ2) is 5.43. The number of benzene rings is 1. The summed E-state index contributed by atoms with van der Waals surface area (Å²) in [6, 6.07) is 10.2. The van der Waals surface area contributed by atoms with E-state index in [0.717, 1.165) is 16.3 Å². The van der Waals surface area contributed by atoms with E-state index < -0.39 is 0 Å².